The Bertz CT molecular complexity index is 574. The maximum atomic E-state index is 12.7. The topological polar surface area (TPSA) is 58.2 Å². The molecule has 0 spiro atoms. The lowest BCUT2D eigenvalue weighted by Gasteiger charge is -2.28. The molecule has 1 rings (SSSR count). The molecule has 0 saturated heterocycles. The average molecular weight is 312 g/mol. The second kappa shape index (κ2) is 6.90. The van der Waals surface area contributed by atoms with Crippen LogP contribution in [-0.4, -0.2) is 21.5 Å². The van der Waals surface area contributed by atoms with Crippen molar-refractivity contribution in [1.82, 2.24) is 10.0 Å². The molecule has 5 heteroatoms. The average Bonchev–Trinajstić information content (AvgIpc) is 2.37. The highest BCUT2D eigenvalue weighted by Crippen LogP contribution is 2.23. The molecular formula is C16H28N2O2S. The Morgan fingerprint density at radius 2 is 1.86 bits per heavy atom. The SMILES string of the molecule is CCc1ccc(CNC)cc1S(=O)(=O)NC(C)C(C)(C)C. The zero-order valence-corrected chi connectivity index (χ0v) is 14.8. The minimum Gasteiger partial charge on any atom is -0.316 e. The maximum Gasteiger partial charge on any atom is 0.241 e. The van der Waals surface area contributed by atoms with Crippen LogP contribution >= 0.6 is 0 Å². The van der Waals surface area contributed by atoms with Gasteiger partial charge >= 0.3 is 0 Å². The van der Waals surface area contributed by atoms with Crippen LogP contribution < -0.4 is 10.0 Å². The Labute approximate surface area is 129 Å². The van der Waals surface area contributed by atoms with Gasteiger partial charge in [0.15, 0.2) is 0 Å². The summed E-state index contributed by atoms with van der Waals surface area (Å²) >= 11 is 0. The lowest BCUT2D eigenvalue weighted by atomic mass is 9.89. The summed E-state index contributed by atoms with van der Waals surface area (Å²) in [5.41, 5.74) is 1.70. The fourth-order valence-corrected chi connectivity index (χ4v) is 3.74. The van der Waals surface area contributed by atoms with Gasteiger partial charge in [0, 0.05) is 12.6 Å². The molecule has 21 heavy (non-hydrogen) atoms. The highest BCUT2D eigenvalue weighted by molar-refractivity contribution is 7.89. The third kappa shape index (κ3) is 4.80. The zero-order valence-electron chi connectivity index (χ0n) is 13.9. The van der Waals surface area contributed by atoms with Crippen molar-refractivity contribution in [3.8, 4) is 0 Å². The molecule has 0 bridgehead atoms. The van der Waals surface area contributed by atoms with E-state index < -0.39 is 10.0 Å². The number of nitrogens with one attached hydrogen (secondary N) is 2. The van der Waals surface area contributed by atoms with Crippen LogP contribution in [0.25, 0.3) is 0 Å². The normalized spacial score (nSPS) is 14.2. The maximum absolute atomic E-state index is 12.7. The fourth-order valence-electron chi connectivity index (χ4n) is 1.93. The molecule has 0 aliphatic rings. The van der Waals surface area contributed by atoms with Gasteiger partial charge in [0.05, 0.1) is 4.90 Å². The third-order valence-corrected chi connectivity index (χ3v) is 5.44. The quantitative estimate of drug-likeness (QED) is 0.849. The zero-order chi connectivity index (χ0) is 16.3. The van der Waals surface area contributed by atoms with E-state index in [-0.39, 0.29) is 11.5 Å². The van der Waals surface area contributed by atoms with E-state index in [9.17, 15) is 8.42 Å². The summed E-state index contributed by atoms with van der Waals surface area (Å²) in [6.45, 7) is 10.6. The van der Waals surface area contributed by atoms with Crippen molar-refractivity contribution in [2.24, 2.45) is 5.41 Å². The summed E-state index contributed by atoms with van der Waals surface area (Å²) < 4.78 is 28.2. The molecule has 120 valence electrons. The van der Waals surface area contributed by atoms with Gasteiger partial charge in [0.1, 0.15) is 0 Å². The van der Waals surface area contributed by atoms with Gasteiger partial charge in [-0.15, -0.1) is 0 Å². The second-order valence-corrected chi connectivity index (χ2v) is 8.22. The van der Waals surface area contributed by atoms with Gasteiger partial charge in [-0.1, -0.05) is 39.8 Å². The van der Waals surface area contributed by atoms with Crippen molar-refractivity contribution in [2.75, 3.05) is 7.05 Å². The van der Waals surface area contributed by atoms with Crippen LogP contribution in [0.5, 0.6) is 0 Å². The Morgan fingerprint density at radius 3 is 2.33 bits per heavy atom. The van der Waals surface area contributed by atoms with E-state index in [1.807, 2.05) is 53.8 Å². The summed E-state index contributed by atoms with van der Waals surface area (Å²) in [5.74, 6) is 0. The van der Waals surface area contributed by atoms with Crippen LogP contribution in [0.15, 0.2) is 23.1 Å². The molecule has 1 unspecified atom stereocenters. The van der Waals surface area contributed by atoms with Crippen LogP contribution in [-0.2, 0) is 23.0 Å². The van der Waals surface area contributed by atoms with Gasteiger partial charge in [0.2, 0.25) is 10.0 Å². The van der Waals surface area contributed by atoms with E-state index in [0.717, 1.165) is 11.1 Å². The van der Waals surface area contributed by atoms with Crippen molar-refractivity contribution < 1.29 is 8.42 Å². The van der Waals surface area contributed by atoms with Crippen molar-refractivity contribution >= 4 is 10.0 Å². The van der Waals surface area contributed by atoms with Gasteiger partial charge in [-0.3, -0.25) is 0 Å². The first-order valence-corrected chi connectivity index (χ1v) is 8.89. The molecule has 0 saturated carbocycles. The number of sulfonamides is 1. The lowest BCUT2D eigenvalue weighted by molar-refractivity contribution is 0.317. The molecular weight excluding hydrogens is 284 g/mol. The van der Waals surface area contributed by atoms with E-state index >= 15 is 0 Å². The van der Waals surface area contributed by atoms with E-state index in [4.69, 9.17) is 0 Å². The smallest absolute Gasteiger partial charge is 0.241 e. The molecule has 0 aliphatic heterocycles. The standard InChI is InChI=1S/C16H28N2O2S/c1-7-14-9-8-13(11-17-6)10-15(14)21(19,20)18-12(2)16(3,4)5/h8-10,12,17-18H,7,11H2,1-6H3. The Balaban J connectivity index is 3.20. The fraction of sp³-hybridized carbons (Fsp3) is 0.625. The number of aryl methyl sites for hydroxylation is 1. The Hall–Kier alpha value is -0.910. The highest BCUT2D eigenvalue weighted by Gasteiger charge is 2.27. The van der Waals surface area contributed by atoms with Crippen LogP contribution in [0.2, 0.25) is 0 Å². The van der Waals surface area contributed by atoms with Gasteiger partial charge in [-0.05, 0) is 43.0 Å². The van der Waals surface area contributed by atoms with E-state index in [2.05, 4.69) is 10.0 Å². The van der Waals surface area contributed by atoms with Crippen molar-refractivity contribution in [3.05, 3.63) is 29.3 Å². The molecule has 0 aromatic heterocycles. The summed E-state index contributed by atoms with van der Waals surface area (Å²) in [4.78, 5) is 0.397. The summed E-state index contributed by atoms with van der Waals surface area (Å²) in [5, 5.41) is 3.05. The first kappa shape index (κ1) is 18.1. The Morgan fingerprint density at radius 1 is 1.24 bits per heavy atom. The van der Waals surface area contributed by atoms with Crippen LogP contribution in [0.1, 0.15) is 45.7 Å². The minimum atomic E-state index is -3.50. The molecule has 1 atom stereocenters. The third-order valence-electron chi connectivity index (χ3n) is 3.81. The van der Waals surface area contributed by atoms with Crippen molar-refractivity contribution in [3.63, 3.8) is 0 Å². The van der Waals surface area contributed by atoms with Crippen LogP contribution in [0, 0.1) is 5.41 Å². The number of benzene rings is 1. The first-order chi connectivity index (χ1) is 9.61. The molecule has 0 radical (unpaired) electrons. The number of hydrogen-bond acceptors (Lipinski definition) is 3. The van der Waals surface area contributed by atoms with E-state index in [1.165, 1.54) is 0 Å². The van der Waals surface area contributed by atoms with E-state index in [0.29, 0.717) is 17.9 Å². The van der Waals surface area contributed by atoms with Crippen molar-refractivity contribution in [1.29, 1.82) is 0 Å². The highest BCUT2D eigenvalue weighted by atomic mass is 32.2. The van der Waals surface area contributed by atoms with Gasteiger partial charge in [0.25, 0.3) is 0 Å². The molecule has 4 nitrogen and oxygen atoms in total. The summed E-state index contributed by atoms with van der Waals surface area (Å²) in [6.07, 6.45) is 0.694. The molecule has 2 N–H and O–H groups in total. The monoisotopic (exact) mass is 312 g/mol. The molecule has 0 aliphatic carbocycles. The van der Waals surface area contributed by atoms with Crippen LogP contribution in [0.3, 0.4) is 0 Å². The second-order valence-electron chi connectivity index (χ2n) is 6.53. The summed E-state index contributed by atoms with van der Waals surface area (Å²) in [7, 11) is -1.65. The van der Waals surface area contributed by atoms with Gasteiger partial charge in [-0.25, -0.2) is 13.1 Å². The largest absolute Gasteiger partial charge is 0.316 e. The van der Waals surface area contributed by atoms with E-state index in [1.54, 1.807) is 6.07 Å². The minimum absolute atomic E-state index is 0.123. The molecule has 0 fully saturated rings. The molecule has 1 aromatic rings. The molecule has 0 amide bonds. The molecule has 0 heterocycles. The predicted molar refractivity (Wildman–Crippen MR) is 87.8 cm³/mol. The van der Waals surface area contributed by atoms with Gasteiger partial charge in [-0.2, -0.15) is 0 Å². The van der Waals surface area contributed by atoms with Gasteiger partial charge < -0.3 is 5.32 Å². The number of hydrogen-bond donors (Lipinski definition) is 2. The van der Waals surface area contributed by atoms with Crippen LogP contribution in [0.4, 0.5) is 0 Å². The molecule has 1 aromatic carbocycles. The Kier molecular flexibility index (Phi) is 5.96. The summed E-state index contributed by atoms with van der Waals surface area (Å²) in [6, 6.07) is 5.51. The first-order valence-electron chi connectivity index (χ1n) is 7.40. The van der Waals surface area contributed by atoms with Crippen molar-refractivity contribution in [2.45, 2.75) is 58.5 Å². The number of rotatable bonds is 6. The lowest BCUT2D eigenvalue weighted by Crippen LogP contribution is -2.41. The predicted octanol–water partition coefficient (Wildman–Crippen LogP) is 2.68.